The Hall–Kier alpha value is -2.36. The van der Waals surface area contributed by atoms with Gasteiger partial charge < -0.3 is 45.1 Å². The zero-order valence-electron chi connectivity index (χ0n) is 18.0. The van der Waals surface area contributed by atoms with Gasteiger partial charge >= 0.3 is 6.09 Å². The zero-order chi connectivity index (χ0) is 24.4. The molecular formula is C20H30N2O11. The molecule has 186 valence electrons. The minimum absolute atomic E-state index is 0.00918. The molecule has 1 heterocycles. The van der Waals surface area contributed by atoms with Crippen molar-refractivity contribution >= 4 is 12.0 Å². The Morgan fingerprint density at radius 3 is 2.55 bits per heavy atom. The number of amides is 2. The molecule has 0 saturated carbocycles. The average Bonchev–Trinajstić information content (AvgIpc) is 2.84. The standard InChI is InChI=1S/C20H30N2O11/c1-30-20(11-24)7-13(25)17(18(32-20)16(28)14(26)9-23)33-22-15(27)8-21-19(29)31-10-12-5-3-2-4-6-12/h2-6,13-14,16-18,23-26,28H,7-11H2,1H3,(H,21,29)(H,22,27)/t13-,14+,16+,17+,18-,20?/m0/s1. The van der Waals surface area contributed by atoms with Gasteiger partial charge in [-0.25, -0.2) is 10.3 Å². The van der Waals surface area contributed by atoms with Gasteiger partial charge in [0.25, 0.3) is 5.91 Å². The first-order valence-electron chi connectivity index (χ1n) is 10.1. The summed E-state index contributed by atoms with van der Waals surface area (Å²) in [7, 11) is 1.21. The molecule has 7 N–H and O–H groups in total. The first-order chi connectivity index (χ1) is 15.7. The highest BCUT2D eigenvalue weighted by molar-refractivity contribution is 5.81. The number of hydroxylamine groups is 1. The lowest BCUT2D eigenvalue weighted by Gasteiger charge is -2.46. The Balaban J connectivity index is 1.89. The number of methoxy groups -OCH3 is 1. The first-order valence-corrected chi connectivity index (χ1v) is 10.1. The van der Waals surface area contributed by atoms with Crippen LogP contribution in [0, 0.1) is 0 Å². The van der Waals surface area contributed by atoms with Crippen LogP contribution in [-0.4, -0.2) is 101 Å². The monoisotopic (exact) mass is 474 g/mol. The van der Waals surface area contributed by atoms with Crippen LogP contribution >= 0.6 is 0 Å². The fraction of sp³-hybridized carbons (Fsp3) is 0.600. The fourth-order valence-corrected chi connectivity index (χ4v) is 3.15. The Morgan fingerprint density at radius 2 is 1.94 bits per heavy atom. The first kappa shape index (κ1) is 26.9. The van der Waals surface area contributed by atoms with Gasteiger partial charge in [0.1, 0.15) is 37.6 Å². The second-order valence-electron chi connectivity index (χ2n) is 7.39. The van der Waals surface area contributed by atoms with Gasteiger partial charge in [0.15, 0.2) is 5.79 Å². The minimum Gasteiger partial charge on any atom is -0.445 e. The third-order valence-corrected chi connectivity index (χ3v) is 5.02. The zero-order valence-corrected chi connectivity index (χ0v) is 18.0. The van der Waals surface area contributed by atoms with Crippen molar-refractivity contribution in [1.29, 1.82) is 0 Å². The quantitative estimate of drug-likeness (QED) is 0.168. The third kappa shape index (κ3) is 7.58. The maximum atomic E-state index is 12.0. The van der Waals surface area contributed by atoms with Crippen LogP contribution in [0.3, 0.4) is 0 Å². The van der Waals surface area contributed by atoms with Crippen LogP contribution in [-0.2, 0) is 30.4 Å². The summed E-state index contributed by atoms with van der Waals surface area (Å²) in [6.45, 7) is -2.03. The third-order valence-electron chi connectivity index (χ3n) is 5.02. The molecule has 1 aromatic rings. The molecule has 0 spiro atoms. The molecule has 6 atom stereocenters. The maximum absolute atomic E-state index is 12.0. The number of aliphatic hydroxyl groups is 5. The van der Waals surface area contributed by atoms with Crippen LogP contribution < -0.4 is 10.8 Å². The summed E-state index contributed by atoms with van der Waals surface area (Å²) in [4.78, 5) is 28.9. The van der Waals surface area contributed by atoms with Crippen molar-refractivity contribution in [3.8, 4) is 0 Å². The van der Waals surface area contributed by atoms with E-state index in [9.17, 15) is 30.0 Å². The van der Waals surface area contributed by atoms with Gasteiger partial charge in [-0.15, -0.1) is 0 Å². The Morgan fingerprint density at radius 1 is 1.24 bits per heavy atom. The van der Waals surface area contributed by atoms with Gasteiger partial charge in [0.2, 0.25) is 0 Å². The maximum Gasteiger partial charge on any atom is 0.407 e. The summed E-state index contributed by atoms with van der Waals surface area (Å²) in [5.41, 5.74) is 2.77. The molecule has 0 bridgehead atoms. The van der Waals surface area contributed by atoms with Crippen molar-refractivity contribution in [2.24, 2.45) is 0 Å². The van der Waals surface area contributed by atoms with E-state index in [1.807, 2.05) is 11.5 Å². The summed E-state index contributed by atoms with van der Waals surface area (Å²) in [5, 5.41) is 51.5. The molecule has 1 saturated heterocycles. The Kier molecular flexibility index (Phi) is 10.4. The van der Waals surface area contributed by atoms with Gasteiger partial charge in [0.05, 0.1) is 19.3 Å². The number of aliphatic hydroxyl groups excluding tert-OH is 5. The highest BCUT2D eigenvalue weighted by Gasteiger charge is 2.51. The van der Waals surface area contributed by atoms with Crippen LogP contribution in [0.15, 0.2) is 30.3 Å². The smallest absolute Gasteiger partial charge is 0.407 e. The summed E-state index contributed by atoms with van der Waals surface area (Å²) >= 11 is 0. The predicted octanol–water partition coefficient (Wildman–Crippen LogP) is -2.47. The number of carbonyl (C=O) groups is 2. The number of carbonyl (C=O) groups excluding carboxylic acids is 2. The van der Waals surface area contributed by atoms with Gasteiger partial charge in [0, 0.05) is 13.5 Å². The van der Waals surface area contributed by atoms with Crippen LogP contribution in [0.5, 0.6) is 0 Å². The summed E-state index contributed by atoms with van der Waals surface area (Å²) < 4.78 is 15.6. The van der Waals surface area contributed by atoms with E-state index in [4.69, 9.17) is 24.2 Å². The van der Waals surface area contributed by atoms with E-state index < -0.39 is 68.1 Å². The predicted molar refractivity (Wildman–Crippen MR) is 109 cm³/mol. The van der Waals surface area contributed by atoms with Crippen molar-refractivity contribution in [1.82, 2.24) is 10.8 Å². The number of benzene rings is 1. The Bertz CT molecular complexity index is 747. The summed E-state index contributed by atoms with van der Waals surface area (Å²) in [6, 6.07) is 8.91. The molecule has 2 amide bonds. The van der Waals surface area contributed by atoms with Crippen LogP contribution in [0.2, 0.25) is 0 Å². The molecule has 13 nitrogen and oxygen atoms in total. The number of nitrogens with one attached hydrogen (secondary N) is 2. The van der Waals surface area contributed by atoms with Gasteiger partial charge in [-0.3, -0.25) is 9.63 Å². The molecule has 1 aliphatic heterocycles. The van der Waals surface area contributed by atoms with E-state index in [0.29, 0.717) is 0 Å². The molecule has 1 unspecified atom stereocenters. The molecule has 1 fully saturated rings. The van der Waals surface area contributed by atoms with Crippen molar-refractivity contribution in [3.05, 3.63) is 35.9 Å². The second kappa shape index (κ2) is 12.8. The molecule has 2 rings (SSSR count). The van der Waals surface area contributed by atoms with Gasteiger partial charge in [-0.05, 0) is 5.56 Å². The molecule has 13 heteroatoms. The molecule has 0 aromatic heterocycles. The van der Waals surface area contributed by atoms with Crippen LogP contribution in [0.1, 0.15) is 12.0 Å². The van der Waals surface area contributed by atoms with Gasteiger partial charge in [-0.1, -0.05) is 30.3 Å². The minimum atomic E-state index is -1.76. The number of rotatable bonds is 11. The average molecular weight is 474 g/mol. The molecule has 1 aromatic carbocycles. The van der Waals surface area contributed by atoms with E-state index in [2.05, 4.69) is 5.32 Å². The van der Waals surface area contributed by atoms with E-state index >= 15 is 0 Å². The summed E-state index contributed by atoms with van der Waals surface area (Å²) in [6.07, 6.45) is -8.90. The number of ether oxygens (including phenoxy) is 3. The Labute approximate surface area is 189 Å². The SMILES string of the molecule is COC1(CO)C[C@H](O)[C@@H](ONC(=O)CNC(=O)OCc2ccccc2)[C@H]([C@H](O)[C@H](O)CO)O1. The van der Waals surface area contributed by atoms with Crippen molar-refractivity contribution in [2.75, 3.05) is 26.9 Å². The van der Waals surface area contributed by atoms with Crippen LogP contribution in [0.25, 0.3) is 0 Å². The highest BCUT2D eigenvalue weighted by Crippen LogP contribution is 2.33. The number of alkyl carbamates (subject to hydrolysis) is 1. The number of hydrogen-bond donors (Lipinski definition) is 7. The molecule has 1 aliphatic rings. The topological polar surface area (TPSA) is 196 Å². The highest BCUT2D eigenvalue weighted by atomic mass is 16.7. The lowest BCUT2D eigenvalue weighted by Crippen LogP contribution is -2.64. The molecule has 33 heavy (non-hydrogen) atoms. The second-order valence-corrected chi connectivity index (χ2v) is 7.39. The molecular weight excluding hydrogens is 444 g/mol. The van der Waals surface area contributed by atoms with Gasteiger partial charge in [-0.2, -0.15) is 0 Å². The van der Waals surface area contributed by atoms with Crippen molar-refractivity contribution in [3.63, 3.8) is 0 Å². The van der Waals surface area contributed by atoms with E-state index in [1.165, 1.54) is 7.11 Å². The van der Waals surface area contributed by atoms with Crippen molar-refractivity contribution < 1.29 is 54.2 Å². The molecule has 0 aliphatic carbocycles. The lowest BCUT2D eigenvalue weighted by molar-refractivity contribution is -0.347. The fourth-order valence-electron chi connectivity index (χ4n) is 3.15. The van der Waals surface area contributed by atoms with Crippen LogP contribution in [0.4, 0.5) is 4.79 Å². The molecule has 0 radical (unpaired) electrons. The largest absolute Gasteiger partial charge is 0.445 e. The summed E-state index contributed by atoms with van der Waals surface area (Å²) in [5.74, 6) is -2.52. The number of hydrogen-bond acceptors (Lipinski definition) is 11. The van der Waals surface area contributed by atoms with E-state index in [1.54, 1.807) is 24.3 Å². The van der Waals surface area contributed by atoms with Crippen molar-refractivity contribution in [2.45, 2.75) is 49.3 Å². The lowest BCUT2D eigenvalue weighted by atomic mass is 9.91. The van der Waals surface area contributed by atoms with E-state index in [0.717, 1.165) is 5.56 Å². The normalized spacial score (nSPS) is 26.8. The van der Waals surface area contributed by atoms with E-state index in [-0.39, 0.29) is 13.0 Å².